The summed E-state index contributed by atoms with van der Waals surface area (Å²) in [6.45, 7) is 3.87. The summed E-state index contributed by atoms with van der Waals surface area (Å²) < 4.78 is 15.0. The van der Waals surface area contributed by atoms with Crippen molar-refractivity contribution in [2.75, 3.05) is 38.1 Å². The van der Waals surface area contributed by atoms with Crippen molar-refractivity contribution in [2.45, 2.75) is 44.2 Å². The molecule has 1 aliphatic heterocycles. The van der Waals surface area contributed by atoms with E-state index in [1.807, 2.05) is 0 Å². The van der Waals surface area contributed by atoms with Gasteiger partial charge in [0.25, 0.3) is 5.56 Å². The van der Waals surface area contributed by atoms with Gasteiger partial charge < -0.3 is 14.9 Å². The maximum atomic E-state index is 13.6. The lowest BCUT2D eigenvalue weighted by atomic mass is 9.85. The monoisotopic (exact) mass is 483 g/mol. The Labute approximate surface area is 202 Å². The Morgan fingerprint density at radius 1 is 1.03 bits per heavy atom. The molecule has 1 aliphatic carbocycles. The Bertz CT molecular complexity index is 1190. The summed E-state index contributed by atoms with van der Waals surface area (Å²) >= 11 is 1.54. The highest BCUT2D eigenvalue weighted by Crippen LogP contribution is 2.40. The van der Waals surface area contributed by atoms with Gasteiger partial charge in [0.15, 0.2) is 5.13 Å². The Morgan fingerprint density at radius 2 is 1.74 bits per heavy atom. The summed E-state index contributed by atoms with van der Waals surface area (Å²) in [7, 11) is 2.11. The number of hydrogen-bond donors (Lipinski definition) is 1. The predicted molar refractivity (Wildman–Crippen MR) is 133 cm³/mol. The summed E-state index contributed by atoms with van der Waals surface area (Å²) in [5, 5.41) is 16.6. The van der Waals surface area contributed by atoms with E-state index in [1.54, 1.807) is 29.5 Å². The Balaban J connectivity index is 1.54. The third-order valence-electron chi connectivity index (χ3n) is 6.83. The fraction of sp³-hybridized carbons (Fsp3) is 0.480. The van der Waals surface area contributed by atoms with Gasteiger partial charge in [-0.25, -0.2) is 14.1 Å². The number of aromatic nitrogens is 3. The highest BCUT2D eigenvalue weighted by atomic mass is 32.1. The molecule has 0 bridgehead atoms. The summed E-state index contributed by atoms with van der Waals surface area (Å²) in [5.41, 5.74) is 1.05. The Kier molecular flexibility index (Phi) is 6.50. The molecule has 5 rings (SSSR count). The lowest BCUT2D eigenvalue weighted by Crippen LogP contribution is -2.44. The van der Waals surface area contributed by atoms with Gasteiger partial charge in [0.1, 0.15) is 11.5 Å². The fourth-order valence-electron chi connectivity index (χ4n) is 4.75. The average Bonchev–Trinajstić information content (AvgIpc) is 3.27. The van der Waals surface area contributed by atoms with Crippen LogP contribution >= 0.6 is 11.3 Å². The molecule has 9 heteroatoms. The van der Waals surface area contributed by atoms with E-state index < -0.39 is 5.60 Å². The molecule has 0 unspecified atom stereocenters. The smallest absolute Gasteiger partial charge is 0.266 e. The third-order valence-corrected chi connectivity index (χ3v) is 7.97. The Morgan fingerprint density at radius 3 is 2.44 bits per heavy atom. The number of benzene rings is 1. The molecule has 3 aromatic rings. The van der Waals surface area contributed by atoms with Gasteiger partial charge in [0.2, 0.25) is 0 Å². The zero-order valence-electron chi connectivity index (χ0n) is 19.4. The molecule has 0 spiro atoms. The zero-order chi connectivity index (χ0) is 23.7. The second kappa shape index (κ2) is 9.56. The standard InChI is InChI=1S/C25H30FN5O2S/c1-29-13-15-30(16-14-29)24-27-22(18-5-7-19(26)8-6-18)23(34-24)20-9-10-21(32)31(28-20)17-25(33)11-3-2-4-12-25/h5-10,33H,2-4,11-17H2,1H3. The van der Waals surface area contributed by atoms with Crippen molar-refractivity contribution in [1.82, 2.24) is 19.7 Å². The van der Waals surface area contributed by atoms with Crippen LogP contribution in [-0.4, -0.2) is 63.6 Å². The maximum Gasteiger partial charge on any atom is 0.266 e. The van der Waals surface area contributed by atoms with Gasteiger partial charge in [0, 0.05) is 37.8 Å². The zero-order valence-corrected chi connectivity index (χ0v) is 20.2. The minimum absolute atomic E-state index is 0.190. The van der Waals surface area contributed by atoms with Crippen LogP contribution in [-0.2, 0) is 6.54 Å². The second-order valence-corrected chi connectivity index (χ2v) is 10.4. The van der Waals surface area contributed by atoms with Crippen molar-refractivity contribution >= 4 is 16.5 Å². The van der Waals surface area contributed by atoms with E-state index in [9.17, 15) is 14.3 Å². The molecule has 34 heavy (non-hydrogen) atoms. The van der Waals surface area contributed by atoms with Crippen molar-refractivity contribution in [3.8, 4) is 21.8 Å². The van der Waals surface area contributed by atoms with E-state index in [0.29, 0.717) is 18.5 Å². The van der Waals surface area contributed by atoms with Crippen molar-refractivity contribution < 1.29 is 9.50 Å². The quantitative estimate of drug-likeness (QED) is 0.598. The molecule has 0 radical (unpaired) electrons. The number of hydrogen-bond acceptors (Lipinski definition) is 7. The highest BCUT2D eigenvalue weighted by Gasteiger charge is 2.31. The summed E-state index contributed by atoms with van der Waals surface area (Å²) in [4.78, 5) is 23.0. The first-order chi connectivity index (χ1) is 16.4. The molecule has 1 saturated heterocycles. The normalized spacial score (nSPS) is 18.9. The van der Waals surface area contributed by atoms with E-state index in [0.717, 1.165) is 66.7 Å². The second-order valence-electron chi connectivity index (χ2n) is 9.47. The van der Waals surface area contributed by atoms with Crippen LogP contribution in [0.15, 0.2) is 41.2 Å². The number of likely N-dealkylation sites (N-methyl/N-ethyl adjacent to an activating group) is 1. The first-order valence-corrected chi connectivity index (χ1v) is 12.7. The Hall–Kier alpha value is -2.62. The molecule has 0 amide bonds. The molecular weight excluding hydrogens is 453 g/mol. The largest absolute Gasteiger partial charge is 0.388 e. The van der Waals surface area contributed by atoms with Crippen LogP contribution < -0.4 is 10.5 Å². The molecule has 0 atom stereocenters. The van der Waals surface area contributed by atoms with Gasteiger partial charge in [-0.15, -0.1) is 0 Å². The lowest BCUT2D eigenvalue weighted by molar-refractivity contribution is -0.0153. The van der Waals surface area contributed by atoms with Crippen LogP contribution in [0.4, 0.5) is 9.52 Å². The first-order valence-electron chi connectivity index (χ1n) is 11.9. The molecule has 1 aromatic carbocycles. The van der Waals surface area contributed by atoms with Crippen molar-refractivity contribution in [3.05, 3.63) is 52.6 Å². The van der Waals surface area contributed by atoms with E-state index in [2.05, 4.69) is 21.9 Å². The van der Waals surface area contributed by atoms with Crippen LogP contribution in [0.2, 0.25) is 0 Å². The van der Waals surface area contributed by atoms with Crippen LogP contribution in [0.25, 0.3) is 21.8 Å². The third kappa shape index (κ3) is 4.92. The number of rotatable bonds is 5. The van der Waals surface area contributed by atoms with E-state index in [4.69, 9.17) is 4.98 Å². The number of aliphatic hydroxyl groups is 1. The molecule has 2 fully saturated rings. The number of piperazine rings is 1. The van der Waals surface area contributed by atoms with Crippen molar-refractivity contribution in [1.29, 1.82) is 0 Å². The SMILES string of the molecule is CN1CCN(c2nc(-c3ccc(F)cc3)c(-c3ccc(=O)n(CC4(O)CCCCC4)n3)s2)CC1. The molecule has 7 nitrogen and oxygen atoms in total. The number of halogens is 1. The summed E-state index contributed by atoms with van der Waals surface area (Å²) in [6.07, 6.45) is 4.40. The van der Waals surface area contributed by atoms with Crippen LogP contribution in [0.1, 0.15) is 32.1 Å². The van der Waals surface area contributed by atoms with Gasteiger partial charge >= 0.3 is 0 Å². The topological polar surface area (TPSA) is 74.5 Å². The number of anilines is 1. The van der Waals surface area contributed by atoms with Gasteiger partial charge in [-0.1, -0.05) is 30.6 Å². The van der Waals surface area contributed by atoms with Gasteiger partial charge in [-0.05, 0) is 50.2 Å². The number of nitrogens with zero attached hydrogens (tertiary/aromatic N) is 5. The molecule has 1 N–H and O–H groups in total. The minimum Gasteiger partial charge on any atom is -0.388 e. The number of thiazole rings is 1. The molecule has 3 heterocycles. The van der Waals surface area contributed by atoms with Crippen LogP contribution in [0, 0.1) is 5.82 Å². The van der Waals surface area contributed by atoms with Crippen molar-refractivity contribution in [2.24, 2.45) is 0 Å². The van der Waals surface area contributed by atoms with Gasteiger partial charge in [0.05, 0.1) is 22.7 Å². The van der Waals surface area contributed by atoms with E-state index in [-0.39, 0.29) is 17.9 Å². The summed E-state index contributed by atoms with van der Waals surface area (Å²) in [6, 6.07) is 9.54. The molecule has 2 aromatic heterocycles. The summed E-state index contributed by atoms with van der Waals surface area (Å²) in [5.74, 6) is -0.299. The minimum atomic E-state index is -0.897. The average molecular weight is 484 g/mol. The molecule has 1 saturated carbocycles. The lowest BCUT2D eigenvalue weighted by Gasteiger charge is -2.32. The van der Waals surface area contributed by atoms with Crippen LogP contribution in [0.3, 0.4) is 0 Å². The van der Waals surface area contributed by atoms with E-state index in [1.165, 1.54) is 22.9 Å². The predicted octanol–water partition coefficient (Wildman–Crippen LogP) is 3.62. The van der Waals surface area contributed by atoms with Crippen LogP contribution in [0.5, 0.6) is 0 Å². The maximum absolute atomic E-state index is 13.6. The first kappa shape index (κ1) is 23.1. The highest BCUT2D eigenvalue weighted by molar-refractivity contribution is 7.19. The van der Waals surface area contributed by atoms with Gasteiger partial charge in [-0.3, -0.25) is 4.79 Å². The molecule has 180 valence electrons. The van der Waals surface area contributed by atoms with Gasteiger partial charge in [-0.2, -0.15) is 5.10 Å². The fourth-order valence-corrected chi connectivity index (χ4v) is 5.85. The molecular formula is C25H30FN5O2S. The van der Waals surface area contributed by atoms with E-state index >= 15 is 0 Å². The van der Waals surface area contributed by atoms with Crippen molar-refractivity contribution in [3.63, 3.8) is 0 Å². The molecule has 2 aliphatic rings.